The second kappa shape index (κ2) is 7.67. The van der Waals surface area contributed by atoms with Crippen LogP contribution in [0.4, 0.5) is 0 Å². The second-order valence-electron chi connectivity index (χ2n) is 8.21. The van der Waals surface area contributed by atoms with E-state index in [2.05, 4.69) is 4.90 Å². The molecule has 3 aliphatic heterocycles. The van der Waals surface area contributed by atoms with Crippen LogP contribution in [0.15, 0.2) is 24.3 Å². The van der Waals surface area contributed by atoms with Gasteiger partial charge >= 0.3 is 0 Å². The van der Waals surface area contributed by atoms with Crippen molar-refractivity contribution in [3.05, 3.63) is 35.4 Å². The molecule has 0 unspecified atom stereocenters. The van der Waals surface area contributed by atoms with Gasteiger partial charge in [0.25, 0.3) is 5.91 Å². The zero-order valence-corrected chi connectivity index (χ0v) is 15.8. The Bertz CT molecular complexity index is 634. The van der Waals surface area contributed by atoms with Crippen LogP contribution in [0.1, 0.15) is 35.2 Å². The number of piperidine rings is 1. The van der Waals surface area contributed by atoms with E-state index in [1.165, 1.54) is 0 Å². The maximum atomic E-state index is 12.8. The zero-order chi connectivity index (χ0) is 18.0. The smallest absolute Gasteiger partial charge is 0.253 e. The average molecular weight is 358 g/mol. The summed E-state index contributed by atoms with van der Waals surface area (Å²) in [5, 5.41) is 0. The Balaban J connectivity index is 1.30. The minimum Gasteiger partial charge on any atom is -0.379 e. The van der Waals surface area contributed by atoms with Crippen molar-refractivity contribution in [2.75, 3.05) is 52.5 Å². The molecule has 1 aromatic carbocycles. The van der Waals surface area contributed by atoms with Crippen molar-refractivity contribution in [1.29, 1.82) is 0 Å². The van der Waals surface area contributed by atoms with Crippen LogP contribution in [0, 0.1) is 12.3 Å². The number of likely N-dealkylation sites (tertiary alicyclic amines) is 1. The maximum absolute atomic E-state index is 12.8. The van der Waals surface area contributed by atoms with E-state index in [0.29, 0.717) is 6.10 Å². The number of amides is 1. The van der Waals surface area contributed by atoms with Crippen molar-refractivity contribution in [2.45, 2.75) is 32.3 Å². The monoisotopic (exact) mass is 358 g/mol. The second-order valence-corrected chi connectivity index (χ2v) is 8.21. The van der Waals surface area contributed by atoms with Gasteiger partial charge in [0.2, 0.25) is 0 Å². The third-order valence-corrected chi connectivity index (χ3v) is 6.23. The van der Waals surface area contributed by atoms with Crippen molar-refractivity contribution in [1.82, 2.24) is 9.80 Å². The lowest BCUT2D eigenvalue weighted by Gasteiger charge is -2.38. The number of hydrogen-bond acceptors (Lipinski definition) is 4. The topological polar surface area (TPSA) is 42.0 Å². The summed E-state index contributed by atoms with van der Waals surface area (Å²) >= 11 is 0. The van der Waals surface area contributed by atoms with Crippen LogP contribution in [0.3, 0.4) is 0 Å². The standard InChI is InChI=1S/C21H30N2O3/c1-17-3-2-4-18(13-17)20(24)23-7-5-21(6-8-23)14-19(26-16-21)15-22-9-11-25-12-10-22/h2-4,13,19H,5-12,14-16H2,1H3/t19-/m0/s1. The molecule has 0 bridgehead atoms. The lowest BCUT2D eigenvalue weighted by atomic mass is 9.76. The lowest BCUT2D eigenvalue weighted by Crippen LogP contribution is -2.44. The highest BCUT2D eigenvalue weighted by molar-refractivity contribution is 5.94. The predicted octanol–water partition coefficient (Wildman–Crippen LogP) is 2.34. The van der Waals surface area contributed by atoms with Crippen molar-refractivity contribution in [3.63, 3.8) is 0 Å². The van der Waals surface area contributed by atoms with Gasteiger partial charge in [0.1, 0.15) is 0 Å². The fourth-order valence-electron chi connectivity index (χ4n) is 4.58. The van der Waals surface area contributed by atoms with E-state index < -0.39 is 0 Å². The number of carbonyl (C=O) groups excluding carboxylic acids is 1. The number of aryl methyl sites for hydroxylation is 1. The third kappa shape index (κ3) is 3.95. The molecule has 142 valence electrons. The van der Waals surface area contributed by atoms with Gasteiger partial charge in [0, 0.05) is 38.3 Å². The summed E-state index contributed by atoms with van der Waals surface area (Å²) in [5.74, 6) is 0.173. The van der Waals surface area contributed by atoms with Gasteiger partial charge in [-0.15, -0.1) is 0 Å². The Morgan fingerprint density at radius 3 is 2.69 bits per heavy atom. The molecule has 1 amide bonds. The van der Waals surface area contributed by atoms with Crippen molar-refractivity contribution in [2.24, 2.45) is 5.41 Å². The molecule has 3 saturated heterocycles. The molecule has 3 aliphatic rings. The summed E-state index contributed by atoms with van der Waals surface area (Å²) in [5.41, 5.74) is 2.23. The molecule has 0 radical (unpaired) electrons. The van der Waals surface area contributed by atoms with Crippen LogP contribution in [-0.4, -0.2) is 74.4 Å². The van der Waals surface area contributed by atoms with Crippen LogP contribution >= 0.6 is 0 Å². The molecule has 0 aromatic heterocycles. The SMILES string of the molecule is Cc1cccc(C(=O)N2CCC3(CC2)CO[C@H](CN2CCOCC2)C3)c1. The quantitative estimate of drug-likeness (QED) is 0.832. The number of morpholine rings is 1. The van der Waals surface area contributed by atoms with Gasteiger partial charge in [-0.3, -0.25) is 9.69 Å². The molecule has 0 saturated carbocycles. The number of nitrogens with zero attached hydrogens (tertiary/aromatic N) is 2. The Morgan fingerprint density at radius 1 is 1.19 bits per heavy atom. The average Bonchev–Trinajstić information content (AvgIpc) is 3.05. The number of hydrogen-bond donors (Lipinski definition) is 0. The van der Waals surface area contributed by atoms with Crippen LogP contribution in [0.2, 0.25) is 0 Å². The summed E-state index contributed by atoms with van der Waals surface area (Å²) in [7, 11) is 0. The molecule has 0 N–H and O–H groups in total. The van der Waals surface area contributed by atoms with E-state index in [-0.39, 0.29) is 11.3 Å². The van der Waals surface area contributed by atoms with Gasteiger partial charge in [0.05, 0.1) is 25.9 Å². The minimum atomic E-state index is 0.173. The van der Waals surface area contributed by atoms with E-state index in [1.807, 2.05) is 36.1 Å². The van der Waals surface area contributed by atoms with Crippen LogP contribution in [0.5, 0.6) is 0 Å². The predicted molar refractivity (Wildman–Crippen MR) is 100 cm³/mol. The van der Waals surface area contributed by atoms with Gasteiger partial charge in [0.15, 0.2) is 0 Å². The van der Waals surface area contributed by atoms with Crippen molar-refractivity contribution < 1.29 is 14.3 Å². The van der Waals surface area contributed by atoms with Gasteiger partial charge in [-0.05, 0) is 43.7 Å². The highest BCUT2D eigenvalue weighted by Crippen LogP contribution is 2.42. The van der Waals surface area contributed by atoms with E-state index in [4.69, 9.17) is 9.47 Å². The summed E-state index contributed by atoms with van der Waals surface area (Å²) < 4.78 is 11.6. The Hall–Kier alpha value is -1.43. The molecule has 26 heavy (non-hydrogen) atoms. The van der Waals surface area contributed by atoms with Gasteiger partial charge in [-0.1, -0.05) is 17.7 Å². The fourth-order valence-corrected chi connectivity index (χ4v) is 4.58. The zero-order valence-electron chi connectivity index (χ0n) is 15.8. The molecule has 5 nitrogen and oxygen atoms in total. The van der Waals surface area contributed by atoms with Gasteiger partial charge in [-0.2, -0.15) is 0 Å². The molecule has 1 spiro atoms. The van der Waals surface area contributed by atoms with E-state index in [1.54, 1.807) is 0 Å². The van der Waals surface area contributed by atoms with Crippen LogP contribution in [0.25, 0.3) is 0 Å². The molecular weight excluding hydrogens is 328 g/mol. The molecule has 1 atom stereocenters. The maximum Gasteiger partial charge on any atom is 0.253 e. The van der Waals surface area contributed by atoms with Crippen molar-refractivity contribution in [3.8, 4) is 0 Å². The normalized spacial score (nSPS) is 26.3. The number of rotatable bonds is 3. The molecule has 0 aliphatic carbocycles. The number of benzene rings is 1. The number of carbonyl (C=O) groups is 1. The first-order valence-corrected chi connectivity index (χ1v) is 9.91. The summed E-state index contributed by atoms with van der Waals surface area (Å²) in [6.07, 6.45) is 3.60. The lowest BCUT2D eigenvalue weighted by molar-refractivity contribution is 0.00524. The fraction of sp³-hybridized carbons (Fsp3) is 0.667. The minimum absolute atomic E-state index is 0.173. The molecule has 5 heteroatoms. The molecular formula is C21H30N2O3. The summed E-state index contributed by atoms with van der Waals surface area (Å²) in [6, 6.07) is 7.92. The molecule has 4 rings (SSSR count). The number of ether oxygens (including phenoxy) is 2. The first-order chi connectivity index (χ1) is 12.6. The molecule has 3 fully saturated rings. The first kappa shape index (κ1) is 18.0. The molecule has 1 aromatic rings. The van der Waals surface area contributed by atoms with E-state index in [9.17, 15) is 4.79 Å². The summed E-state index contributed by atoms with van der Waals surface area (Å²) in [6.45, 7) is 9.33. The Labute approximate surface area is 156 Å². The van der Waals surface area contributed by atoms with Crippen LogP contribution < -0.4 is 0 Å². The Kier molecular flexibility index (Phi) is 5.30. The highest BCUT2D eigenvalue weighted by Gasteiger charge is 2.43. The van der Waals surface area contributed by atoms with Crippen molar-refractivity contribution >= 4 is 5.91 Å². The Morgan fingerprint density at radius 2 is 1.96 bits per heavy atom. The molecule has 3 heterocycles. The van der Waals surface area contributed by atoms with E-state index in [0.717, 1.165) is 82.9 Å². The van der Waals surface area contributed by atoms with E-state index >= 15 is 0 Å². The largest absolute Gasteiger partial charge is 0.379 e. The van der Waals surface area contributed by atoms with Crippen LogP contribution in [-0.2, 0) is 9.47 Å². The third-order valence-electron chi connectivity index (χ3n) is 6.23. The van der Waals surface area contributed by atoms with Gasteiger partial charge in [-0.25, -0.2) is 0 Å². The van der Waals surface area contributed by atoms with Gasteiger partial charge < -0.3 is 14.4 Å². The highest BCUT2D eigenvalue weighted by atomic mass is 16.5. The summed E-state index contributed by atoms with van der Waals surface area (Å²) in [4.78, 5) is 17.2. The first-order valence-electron chi connectivity index (χ1n) is 9.91.